The SMILES string of the molecule is C=CC(=O)OCC.C=CC[C@@H]1O[C@@H]([C@@H](CC)OCc2ccccc2)C[C@H]1OC(C)=O.CCCCC[C@@H](O)[C@H]1C[C@@H](O)[C@H](CCCC(=O)O)O1.CCOC(=O)/C=C/C[C@@H]1O[C@@H]([C@@H](CC)OCc2ccccc2)C[C@H]1OC(C)=O.CCOC(=O)CCC[C@@H]1O[C@@H]([C@H](O)CC)C[C@H]1OC(C)=O. The largest absolute Gasteiger partial charge is 0.481 e. The number of aliphatic hydroxyl groups excluding tert-OH is 3. The maximum absolute atomic E-state index is 11.5. The summed E-state index contributed by atoms with van der Waals surface area (Å²) in [4.78, 5) is 77.2. The smallest absolute Gasteiger partial charge is 0.330 e. The molecule has 4 saturated heterocycles. The predicted molar refractivity (Wildman–Crippen MR) is 367 cm³/mol. The molecule has 23 heteroatoms. The van der Waals surface area contributed by atoms with Gasteiger partial charge in [0.25, 0.3) is 0 Å². The Kier molecular flexibility index (Phi) is 46.3. The first-order valence-corrected chi connectivity index (χ1v) is 35.1. The van der Waals surface area contributed by atoms with Gasteiger partial charge in [0.1, 0.15) is 18.3 Å². The standard InChI is InChI=1S/C22H30O6.C19H26O4.C15H26O6.C14H26O5.C5H8O2/c1-4-18(26-15-17-10-7-6-8-11-17)20-14-21(27-16(3)23)19(28-20)12-9-13-22(24)25-5-2;1-4-9-17-19(22-14(3)20)12-18(23-17)16(5-2)21-13-15-10-7-6-8-11-15;1-4-11(17)13-9-14(20-10(3)16)12(21-13)7-6-8-15(18)19-5-2;1-2-3-4-6-10(15)13-9-11(16)12(19-13)7-5-8-14(17)18;1-3-5(6)7-4-2/h6-11,13,18-21H,4-5,12,14-15H2,1-3H3;4,6-8,10-11,16-19H,1,5,9,12-13H2,2-3H3;11-14,17H,4-9H2,1-3H3;10-13,15-16H,2-9H2,1H3,(H,17,18);3H,1,4H2,2H3/b13-9+;;;;/t18-,19+,20-,21-;16-,17+,18-,19-;11-,12+,13-,14-;10-,11-,12+,13-;/m1111./s1. The molecule has 6 rings (SSSR count). The molecule has 4 fully saturated rings. The summed E-state index contributed by atoms with van der Waals surface area (Å²) >= 11 is 0. The lowest BCUT2D eigenvalue weighted by Gasteiger charge is -2.22. The van der Waals surface area contributed by atoms with Crippen LogP contribution in [-0.4, -0.2) is 180 Å². The molecule has 0 unspecified atom stereocenters. The van der Waals surface area contributed by atoms with Crippen molar-refractivity contribution in [1.29, 1.82) is 0 Å². The molecule has 0 aliphatic carbocycles. The first-order valence-electron chi connectivity index (χ1n) is 35.1. The number of hydrogen-bond acceptors (Lipinski definition) is 22. The Morgan fingerprint density at radius 2 is 0.980 bits per heavy atom. The van der Waals surface area contributed by atoms with Gasteiger partial charge >= 0.3 is 41.8 Å². The van der Waals surface area contributed by atoms with Crippen LogP contribution in [0.5, 0.6) is 0 Å². The highest BCUT2D eigenvalue weighted by Crippen LogP contribution is 2.34. The second kappa shape index (κ2) is 51.7. The Hall–Kier alpha value is -6.41. The van der Waals surface area contributed by atoms with E-state index in [1.165, 1.54) is 26.8 Å². The highest BCUT2D eigenvalue weighted by molar-refractivity contribution is 5.82. The van der Waals surface area contributed by atoms with Crippen LogP contribution in [0.3, 0.4) is 0 Å². The van der Waals surface area contributed by atoms with E-state index < -0.39 is 30.3 Å². The Labute approximate surface area is 581 Å². The van der Waals surface area contributed by atoms with Gasteiger partial charge in [-0.15, -0.1) is 6.58 Å². The third-order valence-electron chi connectivity index (χ3n) is 16.3. The second-order valence-electron chi connectivity index (χ2n) is 24.2. The minimum Gasteiger partial charge on any atom is -0.481 e. The highest BCUT2D eigenvalue weighted by Gasteiger charge is 2.43. The number of benzene rings is 2. The van der Waals surface area contributed by atoms with Crippen molar-refractivity contribution in [1.82, 2.24) is 0 Å². The predicted octanol–water partition coefficient (Wildman–Crippen LogP) is 11.2. The Bertz CT molecular complexity index is 2580. The number of aliphatic hydroxyl groups is 3. The van der Waals surface area contributed by atoms with Crippen LogP contribution >= 0.6 is 0 Å². The molecule has 4 heterocycles. The Balaban J connectivity index is 0.000000433. The number of rotatable bonds is 37. The monoisotopic (exact) mass is 1380 g/mol. The molecule has 0 saturated carbocycles. The lowest BCUT2D eigenvalue weighted by molar-refractivity contribution is -0.150. The number of ether oxygens (including phenoxy) is 12. The summed E-state index contributed by atoms with van der Waals surface area (Å²) in [5.74, 6) is -2.78. The maximum Gasteiger partial charge on any atom is 0.330 e. The maximum atomic E-state index is 11.5. The van der Waals surface area contributed by atoms with Crippen LogP contribution < -0.4 is 0 Å². The number of carboxylic acid groups (broad SMARTS) is 1. The molecular formula is C75H116O23. The van der Waals surface area contributed by atoms with Crippen LogP contribution in [0, 0.1) is 0 Å². The highest BCUT2D eigenvalue weighted by atomic mass is 16.6. The normalized spacial score (nSPS) is 24.1. The molecule has 0 bridgehead atoms. The van der Waals surface area contributed by atoms with Crippen LogP contribution in [0.25, 0.3) is 0 Å². The summed E-state index contributed by atoms with van der Waals surface area (Å²) in [6, 6.07) is 20.1. The first-order chi connectivity index (χ1) is 47.0. The van der Waals surface area contributed by atoms with Crippen LogP contribution in [0.2, 0.25) is 0 Å². The second-order valence-corrected chi connectivity index (χ2v) is 24.2. The summed E-state index contributed by atoms with van der Waals surface area (Å²) < 4.78 is 66.1. The van der Waals surface area contributed by atoms with Crippen molar-refractivity contribution in [2.45, 2.75) is 302 Å². The van der Waals surface area contributed by atoms with E-state index in [-0.39, 0.29) is 116 Å². The Morgan fingerprint density at radius 3 is 1.43 bits per heavy atom. The molecule has 16 atom stereocenters. The van der Waals surface area contributed by atoms with Gasteiger partial charge in [-0.25, -0.2) is 9.59 Å². The van der Waals surface area contributed by atoms with Crippen LogP contribution in [-0.2, 0) is 104 Å². The molecule has 0 amide bonds. The van der Waals surface area contributed by atoms with Gasteiger partial charge in [0.05, 0.1) is 112 Å². The summed E-state index contributed by atoms with van der Waals surface area (Å²) in [6.07, 6.45) is 13.5. The summed E-state index contributed by atoms with van der Waals surface area (Å²) in [5.41, 5.74) is 2.24. The van der Waals surface area contributed by atoms with Crippen molar-refractivity contribution in [2.24, 2.45) is 0 Å². The number of carboxylic acids is 1. The molecule has 4 N–H and O–H groups in total. The van der Waals surface area contributed by atoms with Gasteiger partial charge in [-0.3, -0.25) is 24.0 Å². The third-order valence-corrected chi connectivity index (χ3v) is 16.3. The van der Waals surface area contributed by atoms with Gasteiger partial charge in [0.15, 0.2) is 0 Å². The van der Waals surface area contributed by atoms with Crippen molar-refractivity contribution < 1.29 is 111 Å². The molecule has 0 radical (unpaired) electrons. The van der Waals surface area contributed by atoms with Gasteiger partial charge < -0.3 is 77.3 Å². The zero-order chi connectivity index (χ0) is 72.8. The minimum atomic E-state index is -0.830. The molecular weight excluding hydrogens is 1270 g/mol. The van der Waals surface area contributed by atoms with Gasteiger partial charge in [0, 0.05) is 71.4 Å². The molecule has 2 aromatic rings. The van der Waals surface area contributed by atoms with Crippen molar-refractivity contribution in [3.8, 4) is 0 Å². The fraction of sp³-hybridized carbons (Fsp3) is 0.667. The lowest BCUT2D eigenvalue weighted by Crippen LogP contribution is -2.28. The molecule has 4 aliphatic heterocycles. The number of carbonyl (C=O) groups is 7. The van der Waals surface area contributed by atoms with Crippen molar-refractivity contribution in [3.63, 3.8) is 0 Å². The zero-order valence-corrected chi connectivity index (χ0v) is 59.8. The van der Waals surface area contributed by atoms with E-state index >= 15 is 0 Å². The third kappa shape index (κ3) is 36.6. The molecule has 4 aliphatic rings. The first kappa shape index (κ1) is 87.7. The quantitative estimate of drug-likeness (QED) is 0.0161. The molecule has 98 heavy (non-hydrogen) atoms. The average Bonchev–Trinajstić information content (AvgIpc) is 1.73. The van der Waals surface area contributed by atoms with Crippen LogP contribution in [0.4, 0.5) is 0 Å². The van der Waals surface area contributed by atoms with E-state index in [1.807, 2.05) is 74.5 Å². The van der Waals surface area contributed by atoms with E-state index in [2.05, 4.69) is 31.7 Å². The van der Waals surface area contributed by atoms with E-state index in [0.717, 1.165) is 49.3 Å². The number of hydrogen-bond donors (Lipinski definition) is 4. The number of carbonyl (C=O) groups excluding carboxylic acids is 6. The van der Waals surface area contributed by atoms with Gasteiger partial charge in [0.2, 0.25) is 0 Å². The van der Waals surface area contributed by atoms with Crippen molar-refractivity contribution in [3.05, 3.63) is 109 Å². The number of unbranched alkanes of at least 4 members (excludes halogenated alkanes) is 2. The van der Waals surface area contributed by atoms with Crippen LogP contribution in [0.1, 0.15) is 202 Å². The fourth-order valence-electron chi connectivity index (χ4n) is 11.5. The van der Waals surface area contributed by atoms with E-state index in [9.17, 15) is 48.9 Å². The molecule has 2 aromatic carbocycles. The van der Waals surface area contributed by atoms with E-state index in [1.54, 1.807) is 32.9 Å². The van der Waals surface area contributed by atoms with E-state index in [0.29, 0.717) is 117 Å². The van der Waals surface area contributed by atoms with Crippen molar-refractivity contribution >= 4 is 41.8 Å². The van der Waals surface area contributed by atoms with E-state index in [4.69, 9.17) is 57.2 Å². The fourth-order valence-corrected chi connectivity index (χ4v) is 11.5. The zero-order valence-electron chi connectivity index (χ0n) is 59.8. The summed E-state index contributed by atoms with van der Waals surface area (Å²) in [6.45, 7) is 26.7. The van der Waals surface area contributed by atoms with Crippen molar-refractivity contribution in [2.75, 3.05) is 19.8 Å². The number of esters is 6. The van der Waals surface area contributed by atoms with Gasteiger partial charge in [-0.05, 0) is 96.1 Å². The lowest BCUT2D eigenvalue weighted by atomic mass is 10.0. The summed E-state index contributed by atoms with van der Waals surface area (Å²) in [7, 11) is 0. The molecule has 554 valence electrons. The topological polar surface area (TPSA) is 311 Å². The number of aliphatic carboxylic acids is 1. The van der Waals surface area contributed by atoms with Gasteiger partial charge in [-0.1, -0.05) is 126 Å². The van der Waals surface area contributed by atoms with Gasteiger partial charge in [-0.2, -0.15) is 0 Å². The van der Waals surface area contributed by atoms with Crippen LogP contribution in [0.15, 0.2) is 98.1 Å². The average molecular weight is 1390 g/mol. The molecule has 0 aromatic heterocycles. The minimum absolute atomic E-state index is 0.0110. The Morgan fingerprint density at radius 1 is 0.531 bits per heavy atom. The molecule has 0 spiro atoms. The molecule has 23 nitrogen and oxygen atoms in total. The summed E-state index contributed by atoms with van der Waals surface area (Å²) in [5, 5.41) is 38.3.